The first-order valence-corrected chi connectivity index (χ1v) is 10.3. The van der Waals surface area contributed by atoms with Crippen molar-refractivity contribution in [2.75, 3.05) is 7.11 Å². The Labute approximate surface area is 192 Å². The molecule has 4 aromatic rings. The molecule has 0 amide bonds. The first-order valence-electron chi connectivity index (χ1n) is 10.3. The van der Waals surface area contributed by atoms with Crippen molar-refractivity contribution in [3.63, 3.8) is 0 Å². The Kier molecular flexibility index (Phi) is 7.97. The monoisotopic (exact) mass is 455 g/mol. The van der Waals surface area contributed by atoms with Crippen LogP contribution in [0.1, 0.15) is 54.5 Å². The van der Waals surface area contributed by atoms with Gasteiger partial charge in [-0.1, -0.05) is 24.1 Å². The molecule has 9 heteroatoms. The van der Waals surface area contributed by atoms with E-state index in [-0.39, 0.29) is 24.2 Å². The summed E-state index contributed by atoms with van der Waals surface area (Å²) in [5, 5.41) is 4.70. The summed E-state index contributed by atoms with van der Waals surface area (Å²) in [5.74, 6) is 1.47. The molecule has 0 saturated carbocycles. The van der Waals surface area contributed by atoms with Crippen LogP contribution >= 0.6 is 12.4 Å². The number of nitrogens with two attached hydrogens (primary N) is 1. The van der Waals surface area contributed by atoms with Gasteiger partial charge in [-0.2, -0.15) is 0 Å². The zero-order valence-corrected chi connectivity index (χ0v) is 18.6. The number of fused-ring (bicyclic) bond motifs is 1. The number of carbonyl (C=O) groups is 1. The lowest BCUT2D eigenvalue weighted by molar-refractivity contribution is 0.0970. The Morgan fingerprint density at radius 1 is 1.22 bits per heavy atom. The van der Waals surface area contributed by atoms with Gasteiger partial charge >= 0.3 is 0 Å². The number of ether oxygens (including phenoxy) is 1. The van der Waals surface area contributed by atoms with E-state index in [4.69, 9.17) is 15.0 Å². The number of aromatic nitrogens is 4. The Morgan fingerprint density at radius 3 is 2.88 bits per heavy atom. The molecule has 0 radical (unpaired) electrons. The Balaban J connectivity index is 0.00000289. The maximum atomic E-state index is 11.9. The number of aromatic amines is 1. The number of hydrogen-bond acceptors (Lipinski definition) is 7. The van der Waals surface area contributed by atoms with Gasteiger partial charge in [0.15, 0.2) is 5.78 Å². The van der Waals surface area contributed by atoms with E-state index in [1.54, 1.807) is 25.6 Å². The molecular weight excluding hydrogens is 430 g/mol. The third kappa shape index (κ3) is 5.33. The third-order valence-electron chi connectivity index (χ3n) is 5.30. The van der Waals surface area contributed by atoms with Crippen LogP contribution in [0.4, 0.5) is 0 Å². The summed E-state index contributed by atoms with van der Waals surface area (Å²) in [6.07, 6.45) is 8.82. The predicted octanol–water partition coefficient (Wildman–Crippen LogP) is 4.88. The minimum Gasteiger partial charge on any atom is -0.496 e. The van der Waals surface area contributed by atoms with Crippen molar-refractivity contribution in [1.29, 1.82) is 0 Å². The van der Waals surface area contributed by atoms with Crippen LogP contribution in [-0.2, 0) is 0 Å². The van der Waals surface area contributed by atoms with Crippen molar-refractivity contribution in [2.24, 2.45) is 5.73 Å². The number of ketones is 1. The fourth-order valence-electron chi connectivity index (χ4n) is 3.59. The summed E-state index contributed by atoms with van der Waals surface area (Å²) >= 11 is 0. The lowest BCUT2D eigenvalue weighted by atomic mass is 10.0. The number of imidazole rings is 1. The normalized spacial score (nSPS) is 11.8. The lowest BCUT2D eigenvalue weighted by Gasteiger charge is -2.10. The minimum atomic E-state index is -0.201. The molecule has 0 aliphatic rings. The van der Waals surface area contributed by atoms with Crippen molar-refractivity contribution in [1.82, 2.24) is 20.1 Å². The predicted molar refractivity (Wildman–Crippen MR) is 124 cm³/mol. The Morgan fingerprint density at radius 2 is 2.09 bits per heavy atom. The zero-order chi connectivity index (χ0) is 21.6. The minimum absolute atomic E-state index is 0. The number of hydrogen-bond donors (Lipinski definition) is 2. The van der Waals surface area contributed by atoms with Crippen LogP contribution in [0.2, 0.25) is 0 Å². The fraction of sp³-hybridized carbons (Fsp3) is 0.304. The highest BCUT2D eigenvalue weighted by Gasteiger charge is 2.15. The molecule has 3 aromatic heterocycles. The van der Waals surface area contributed by atoms with E-state index in [2.05, 4.69) is 20.1 Å². The second-order valence-corrected chi connectivity index (χ2v) is 7.44. The van der Waals surface area contributed by atoms with Crippen molar-refractivity contribution >= 4 is 29.1 Å². The van der Waals surface area contributed by atoms with Gasteiger partial charge in [0.05, 0.1) is 30.6 Å². The largest absolute Gasteiger partial charge is 0.496 e. The molecule has 8 nitrogen and oxygen atoms in total. The number of nitrogens with zero attached hydrogens (tertiary/aromatic N) is 3. The van der Waals surface area contributed by atoms with Gasteiger partial charge in [0.1, 0.15) is 23.5 Å². The number of benzene rings is 1. The highest BCUT2D eigenvalue weighted by Crippen LogP contribution is 2.33. The summed E-state index contributed by atoms with van der Waals surface area (Å²) in [4.78, 5) is 24.1. The Bertz CT molecular complexity index is 1160. The summed E-state index contributed by atoms with van der Waals surface area (Å²) in [5.41, 5.74) is 9.38. The second-order valence-electron chi connectivity index (χ2n) is 7.44. The van der Waals surface area contributed by atoms with Crippen molar-refractivity contribution in [2.45, 2.75) is 38.1 Å². The van der Waals surface area contributed by atoms with Gasteiger partial charge in [-0.05, 0) is 25.0 Å². The average molecular weight is 456 g/mol. The van der Waals surface area contributed by atoms with Gasteiger partial charge < -0.3 is 20.0 Å². The van der Waals surface area contributed by atoms with Crippen molar-refractivity contribution in [3.8, 4) is 17.0 Å². The van der Waals surface area contributed by atoms with E-state index < -0.39 is 0 Å². The highest BCUT2D eigenvalue weighted by molar-refractivity contribution is 5.93. The van der Waals surface area contributed by atoms with Crippen molar-refractivity contribution < 1.29 is 14.1 Å². The van der Waals surface area contributed by atoms with Crippen molar-refractivity contribution in [3.05, 3.63) is 60.5 Å². The van der Waals surface area contributed by atoms with Gasteiger partial charge in [0.25, 0.3) is 0 Å². The quantitative estimate of drug-likeness (QED) is 0.258. The number of H-pyrrole nitrogens is 1. The number of methoxy groups -OCH3 is 1. The number of halogens is 1. The summed E-state index contributed by atoms with van der Waals surface area (Å²) < 4.78 is 10.3. The number of unbranched alkanes of at least 4 members (excludes halogenated alkanes) is 2. The molecule has 0 bridgehead atoms. The van der Waals surface area contributed by atoms with Crippen LogP contribution in [-0.4, -0.2) is 33.0 Å². The molecule has 0 fully saturated rings. The van der Waals surface area contributed by atoms with E-state index in [1.165, 1.54) is 6.26 Å². The first-order chi connectivity index (χ1) is 15.2. The molecule has 1 atom stereocenters. The molecule has 3 N–H and O–H groups in total. The molecule has 1 aromatic carbocycles. The molecule has 0 aliphatic heterocycles. The van der Waals surface area contributed by atoms with Crippen LogP contribution in [0, 0.1) is 0 Å². The number of pyridine rings is 1. The van der Waals surface area contributed by atoms with Gasteiger partial charge in [-0.15, -0.1) is 12.4 Å². The zero-order valence-electron chi connectivity index (χ0n) is 17.8. The topological polar surface area (TPSA) is 120 Å². The molecule has 4 rings (SSSR count). The van der Waals surface area contributed by atoms with E-state index in [9.17, 15) is 4.79 Å². The molecule has 0 spiro atoms. The molecule has 32 heavy (non-hydrogen) atoms. The second kappa shape index (κ2) is 10.9. The fourth-order valence-corrected chi connectivity index (χ4v) is 3.59. The van der Waals surface area contributed by atoms with Crippen LogP contribution in [0.25, 0.3) is 22.2 Å². The van der Waals surface area contributed by atoms with Crippen LogP contribution < -0.4 is 10.5 Å². The van der Waals surface area contributed by atoms with E-state index in [1.807, 2.05) is 24.3 Å². The number of carbonyl (C=O) groups excluding carboxylic acids is 1. The molecule has 1 unspecified atom stereocenters. The summed E-state index contributed by atoms with van der Waals surface area (Å²) in [6, 6.07) is 9.27. The third-order valence-corrected chi connectivity index (χ3v) is 5.30. The molecular formula is C23H26ClN5O3. The maximum Gasteiger partial charge on any atom is 0.184 e. The van der Waals surface area contributed by atoms with E-state index in [0.717, 1.165) is 59.4 Å². The van der Waals surface area contributed by atoms with Crippen LogP contribution in [0.3, 0.4) is 0 Å². The first kappa shape index (κ1) is 23.4. The van der Waals surface area contributed by atoms with E-state index >= 15 is 0 Å². The Hall–Kier alpha value is -3.23. The van der Waals surface area contributed by atoms with E-state index in [0.29, 0.717) is 12.1 Å². The van der Waals surface area contributed by atoms with Gasteiger partial charge in [-0.25, -0.2) is 4.98 Å². The SMILES string of the molecule is COc1cc2ncccc2cc1-c1cnc(C(N)CCCCCC(=O)c2ccon2)[nH]1.Cl. The van der Waals surface area contributed by atoms with Gasteiger partial charge in [0.2, 0.25) is 0 Å². The molecule has 3 heterocycles. The average Bonchev–Trinajstić information content (AvgIpc) is 3.50. The number of Topliss-reactive ketones (excluding diaryl/α,β-unsaturated/α-hetero) is 1. The standard InChI is InChI=1S/C23H25N5O3.ClH/c1-30-22-13-19-15(6-5-10-25-19)12-16(22)20-14-26-23(27-20)17(24)7-3-2-4-8-21(29)18-9-11-31-28-18;/h5-6,9-14,17H,2-4,7-8,24H2,1H3,(H,26,27);1H. The molecule has 0 saturated heterocycles. The summed E-state index contributed by atoms with van der Waals surface area (Å²) in [7, 11) is 1.64. The smallest absolute Gasteiger partial charge is 0.184 e. The van der Waals surface area contributed by atoms with Crippen LogP contribution in [0.15, 0.2) is 53.5 Å². The molecule has 0 aliphatic carbocycles. The summed E-state index contributed by atoms with van der Waals surface area (Å²) in [6.45, 7) is 0. The van der Waals surface area contributed by atoms with Gasteiger partial charge in [-0.3, -0.25) is 9.78 Å². The maximum absolute atomic E-state index is 11.9. The van der Waals surface area contributed by atoms with Gasteiger partial charge in [0, 0.05) is 35.7 Å². The molecule has 168 valence electrons. The highest BCUT2D eigenvalue weighted by atomic mass is 35.5. The number of rotatable bonds is 10. The van der Waals surface area contributed by atoms with Crippen LogP contribution in [0.5, 0.6) is 5.75 Å². The number of nitrogens with one attached hydrogen (secondary N) is 1. The lowest BCUT2D eigenvalue weighted by Crippen LogP contribution is -2.12.